The van der Waals surface area contributed by atoms with Gasteiger partial charge in [0.2, 0.25) is 12.2 Å². The quantitative estimate of drug-likeness (QED) is 0.198. The molecule has 0 spiro atoms. The van der Waals surface area contributed by atoms with Gasteiger partial charge in [-0.2, -0.15) is 5.26 Å². The van der Waals surface area contributed by atoms with Crippen molar-refractivity contribution < 1.29 is 9.90 Å². The van der Waals surface area contributed by atoms with Crippen LogP contribution in [-0.4, -0.2) is 53.0 Å². The van der Waals surface area contributed by atoms with Crippen LogP contribution in [-0.2, 0) is 5.60 Å². The van der Waals surface area contributed by atoms with Gasteiger partial charge in [-0.1, -0.05) is 68.4 Å². The van der Waals surface area contributed by atoms with Crippen molar-refractivity contribution in [1.82, 2.24) is 9.80 Å². The lowest BCUT2D eigenvalue weighted by Gasteiger charge is -2.44. The molecule has 0 bridgehead atoms. The second-order valence-corrected chi connectivity index (χ2v) is 10.9. The number of aliphatic hydroxyl groups is 1. The molecule has 1 aliphatic heterocycles. The van der Waals surface area contributed by atoms with Crippen LogP contribution in [0.2, 0.25) is 0 Å². The number of rotatable bonds is 8. The zero-order valence-electron chi connectivity index (χ0n) is 24.5. The standard InChI is InChI=1S/C34H41N5O2/c1-5-38(6-2)32(40)26-16-18-29(19-17-26)37-33(36-24-35)39-22-20-28(21-23-39)34(41,27-12-8-7-9-13-27)31-15-11-10-14-30(31)25(3)4/h7-19,25,28,41H,5-6,20-23H2,1-4H3,(H,36,37). The van der Waals surface area contributed by atoms with E-state index in [1.54, 1.807) is 17.0 Å². The maximum absolute atomic E-state index is 12.7. The third-order valence-corrected chi connectivity index (χ3v) is 8.19. The molecule has 7 nitrogen and oxygen atoms in total. The molecule has 1 atom stereocenters. The SMILES string of the molecule is CCN(CC)C(=O)c1ccc(N/C(=N/C#N)N2CCC(C(O)(c3ccccc3)c3ccccc3C(C)C)CC2)cc1. The van der Waals surface area contributed by atoms with E-state index < -0.39 is 5.60 Å². The van der Waals surface area contributed by atoms with Crippen LogP contribution < -0.4 is 5.32 Å². The van der Waals surface area contributed by atoms with Gasteiger partial charge in [-0.3, -0.25) is 4.79 Å². The Balaban J connectivity index is 1.54. The summed E-state index contributed by atoms with van der Waals surface area (Å²) < 4.78 is 0. The van der Waals surface area contributed by atoms with Crippen LogP contribution in [0.15, 0.2) is 83.9 Å². The number of amides is 1. The Morgan fingerprint density at radius 3 is 2.22 bits per heavy atom. The number of hydrogen-bond acceptors (Lipinski definition) is 4. The molecule has 1 amide bonds. The molecule has 0 saturated carbocycles. The number of carbonyl (C=O) groups excluding carboxylic acids is 1. The number of nitrogens with one attached hydrogen (secondary N) is 1. The molecule has 1 unspecified atom stereocenters. The number of nitriles is 1. The smallest absolute Gasteiger partial charge is 0.253 e. The number of likely N-dealkylation sites (tertiary alicyclic amines) is 1. The predicted octanol–water partition coefficient (Wildman–Crippen LogP) is 6.19. The van der Waals surface area contributed by atoms with Crippen LogP contribution >= 0.6 is 0 Å². The fourth-order valence-electron chi connectivity index (χ4n) is 5.90. The van der Waals surface area contributed by atoms with Gasteiger partial charge in [0.15, 0.2) is 0 Å². The largest absolute Gasteiger partial charge is 0.380 e. The number of piperidine rings is 1. The van der Waals surface area contributed by atoms with E-state index in [0.717, 1.165) is 35.2 Å². The maximum Gasteiger partial charge on any atom is 0.253 e. The van der Waals surface area contributed by atoms with E-state index in [4.69, 9.17) is 0 Å². The van der Waals surface area contributed by atoms with Crippen molar-refractivity contribution in [3.63, 3.8) is 0 Å². The molecule has 0 aliphatic carbocycles. The van der Waals surface area contributed by atoms with Gasteiger partial charge in [0, 0.05) is 37.4 Å². The lowest BCUT2D eigenvalue weighted by Crippen LogP contribution is -2.48. The van der Waals surface area contributed by atoms with Crippen molar-refractivity contribution in [1.29, 1.82) is 5.26 Å². The van der Waals surface area contributed by atoms with Crippen LogP contribution in [0.1, 0.15) is 73.5 Å². The normalized spacial score (nSPS) is 15.7. The zero-order chi connectivity index (χ0) is 29.4. The number of nitrogens with zero attached hydrogens (tertiary/aromatic N) is 4. The Morgan fingerprint density at radius 1 is 1.02 bits per heavy atom. The average molecular weight is 552 g/mol. The molecule has 1 fully saturated rings. The lowest BCUT2D eigenvalue weighted by molar-refractivity contribution is -0.00739. The Morgan fingerprint density at radius 2 is 1.63 bits per heavy atom. The van der Waals surface area contributed by atoms with E-state index in [-0.39, 0.29) is 17.7 Å². The molecule has 1 heterocycles. The monoisotopic (exact) mass is 551 g/mol. The van der Waals surface area contributed by atoms with E-state index in [2.05, 4.69) is 41.2 Å². The molecule has 0 aromatic heterocycles. The highest BCUT2D eigenvalue weighted by Crippen LogP contribution is 2.44. The summed E-state index contributed by atoms with van der Waals surface area (Å²) in [5, 5.41) is 25.3. The summed E-state index contributed by atoms with van der Waals surface area (Å²) >= 11 is 0. The number of benzene rings is 3. The molecule has 3 aromatic rings. The van der Waals surface area contributed by atoms with Crippen molar-refractivity contribution in [3.8, 4) is 6.19 Å². The first-order valence-corrected chi connectivity index (χ1v) is 14.6. The summed E-state index contributed by atoms with van der Waals surface area (Å²) in [6.45, 7) is 10.8. The highest BCUT2D eigenvalue weighted by atomic mass is 16.3. The summed E-state index contributed by atoms with van der Waals surface area (Å²) in [5.74, 6) is 0.725. The highest BCUT2D eigenvalue weighted by molar-refractivity contribution is 5.97. The molecular weight excluding hydrogens is 510 g/mol. The van der Waals surface area contributed by atoms with Crippen molar-refractivity contribution >= 4 is 17.6 Å². The molecule has 214 valence electrons. The Bertz CT molecular complexity index is 1370. The number of aliphatic imine (C=N–C) groups is 1. The first-order chi connectivity index (χ1) is 19.8. The molecule has 2 N–H and O–H groups in total. The summed E-state index contributed by atoms with van der Waals surface area (Å²) in [7, 11) is 0. The Hall–Kier alpha value is -4.15. The minimum Gasteiger partial charge on any atom is -0.380 e. The Kier molecular flexibility index (Phi) is 9.80. The minimum absolute atomic E-state index is 0.000481. The number of carbonyl (C=O) groups is 1. The summed E-state index contributed by atoms with van der Waals surface area (Å²) in [6, 6.07) is 25.5. The van der Waals surface area contributed by atoms with Gasteiger partial charge < -0.3 is 20.2 Å². The second-order valence-electron chi connectivity index (χ2n) is 10.9. The molecule has 4 rings (SSSR count). The maximum atomic E-state index is 12.7. The third-order valence-electron chi connectivity index (χ3n) is 8.19. The molecular formula is C34H41N5O2. The first kappa shape index (κ1) is 29.8. The third kappa shape index (κ3) is 6.44. The Labute approximate surface area is 244 Å². The van der Waals surface area contributed by atoms with Crippen LogP contribution in [0.4, 0.5) is 5.69 Å². The predicted molar refractivity (Wildman–Crippen MR) is 165 cm³/mol. The van der Waals surface area contributed by atoms with Gasteiger partial charge in [-0.15, -0.1) is 4.99 Å². The van der Waals surface area contributed by atoms with Crippen LogP contribution in [0.25, 0.3) is 0 Å². The number of hydrogen-bond donors (Lipinski definition) is 2. The topological polar surface area (TPSA) is 92.0 Å². The fourth-order valence-corrected chi connectivity index (χ4v) is 5.90. The van der Waals surface area contributed by atoms with E-state index >= 15 is 0 Å². The number of guanidine groups is 1. The van der Waals surface area contributed by atoms with Crippen LogP contribution in [0.3, 0.4) is 0 Å². The second kappa shape index (κ2) is 13.5. The van der Waals surface area contributed by atoms with E-state index in [0.29, 0.717) is 37.7 Å². The first-order valence-electron chi connectivity index (χ1n) is 14.6. The van der Waals surface area contributed by atoms with Gasteiger partial charge in [0.1, 0.15) is 5.60 Å². The molecule has 7 heteroatoms. The van der Waals surface area contributed by atoms with Gasteiger partial charge in [-0.05, 0) is 79.5 Å². The fraction of sp³-hybridized carbons (Fsp3) is 0.382. The van der Waals surface area contributed by atoms with E-state index in [1.165, 1.54) is 0 Å². The van der Waals surface area contributed by atoms with Gasteiger partial charge in [0.05, 0.1) is 0 Å². The summed E-state index contributed by atoms with van der Waals surface area (Å²) in [6.07, 6.45) is 3.38. The minimum atomic E-state index is -1.14. The molecule has 1 aliphatic rings. The summed E-state index contributed by atoms with van der Waals surface area (Å²) in [4.78, 5) is 20.6. The van der Waals surface area contributed by atoms with Crippen molar-refractivity contribution in [2.75, 3.05) is 31.5 Å². The zero-order valence-corrected chi connectivity index (χ0v) is 24.5. The average Bonchev–Trinajstić information content (AvgIpc) is 3.02. The highest BCUT2D eigenvalue weighted by Gasteiger charge is 2.43. The molecule has 1 saturated heterocycles. The van der Waals surface area contributed by atoms with Crippen molar-refractivity contribution in [2.45, 2.75) is 52.1 Å². The lowest BCUT2D eigenvalue weighted by atomic mass is 9.70. The van der Waals surface area contributed by atoms with Gasteiger partial charge in [0.25, 0.3) is 5.91 Å². The van der Waals surface area contributed by atoms with Crippen LogP contribution in [0.5, 0.6) is 0 Å². The molecule has 3 aromatic carbocycles. The van der Waals surface area contributed by atoms with Crippen LogP contribution in [0, 0.1) is 17.4 Å². The van der Waals surface area contributed by atoms with Gasteiger partial charge in [-0.25, -0.2) is 0 Å². The summed E-state index contributed by atoms with van der Waals surface area (Å²) in [5.41, 5.74) is 3.25. The molecule has 41 heavy (non-hydrogen) atoms. The van der Waals surface area contributed by atoms with Crippen molar-refractivity contribution in [3.05, 3.63) is 101 Å². The van der Waals surface area contributed by atoms with E-state index in [9.17, 15) is 15.2 Å². The van der Waals surface area contributed by atoms with Crippen molar-refractivity contribution in [2.24, 2.45) is 10.9 Å². The van der Waals surface area contributed by atoms with E-state index in [1.807, 2.05) is 74.6 Å². The molecule has 0 radical (unpaired) electrons. The number of anilines is 1. The van der Waals surface area contributed by atoms with Gasteiger partial charge >= 0.3 is 0 Å².